The summed E-state index contributed by atoms with van der Waals surface area (Å²) in [5.74, 6) is -0.273. The molecule has 1 heterocycles. The highest BCUT2D eigenvalue weighted by molar-refractivity contribution is 5.86. The van der Waals surface area contributed by atoms with E-state index in [1.165, 1.54) is 0 Å². The lowest BCUT2D eigenvalue weighted by molar-refractivity contribution is -0.125. The minimum Gasteiger partial charge on any atom is -0.445 e. The molecule has 0 aromatic heterocycles. The first kappa shape index (κ1) is 18.6. The molecule has 2 rings (SSSR count). The molecule has 0 saturated carbocycles. The summed E-state index contributed by atoms with van der Waals surface area (Å²) in [5, 5.41) is 14.3. The van der Waals surface area contributed by atoms with Crippen LogP contribution >= 0.6 is 0 Å². The number of nitrogens with zero attached hydrogens (tertiary/aromatic N) is 2. The first-order valence-electron chi connectivity index (χ1n) is 8.45. The number of carbonyl (C=O) groups excluding carboxylic acids is 2. The maximum absolute atomic E-state index is 12.5. The first-order valence-corrected chi connectivity index (χ1v) is 8.45. The molecule has 7 heteroatoms. The maximum atomic E-state index is 12.5. The topological polar surface area (TPSA) is 94.5 Å². The fourth-order valence-corrected chi connectivity index (χ4v) is 2.54. The Kier molecular flexibility index (Phi) is 6.63. The van der Waals surface area contributed by atoms with Crippen LogP contribution in [0.1, 0.15) is 25.8 Å². The standard InChI is InChI=1S/C18H24N4O3/c1-3-13(2)16(17(23)20-15-9-22(10-15)12-19)21-18(24)25-11-14-7-5-4-6-8-14/h4-8,13,15-16H,3,9-11H2,1-2H3,(H,20,23)(H,21,24)/t13-,16-/m0/s1. The number of rotatable bonds is 7. The molecule has 1 aliphatic rings. The Morgan fingerprint density at radius 1 is 1.36 bits per heavy atom. The second-order valence-corrected chi connectivity index (χ2v) is 6.28. The van der Waals surface area contributed by atoms with Crippen LogP contribution in [0.5, 0.6) is 0 Å². The van der Waals surface area contributed by atoms with Crippen molar-refractivity contribution in [3.8, 4) is 6.19 Å². The van der Waals surface area contributed by atoms with Crippen LogP contribution in [-0.4, -0.2) is 42.1 Å². The third kappa shape index (κ3) is 5.38. The lowest BCUT2D eigenvalue weighted by atomic mass is 9.97. The number of hydrogen-bond donors (Lipinski definition) is 2. The minimum atomic E-state index is -0.663. The van der Waals surface area contributed by atoms with E-state index in [1.807, 2.05) is 50.4 Å². The van der Waals surface area contributed by atoms with Gasteiger partial charge in [-0.15, -0.1) is 0 Å². The van der Waals surface area contributed by atoms with Gasteiger partial charge in [0.2, 0.25) is 5.91 Å². The summed E-state index contributed by atoms with van der Waals surface area (Å²) in [7, 11) is 0. The number of carbonyl (C=O) groups is 2. The molecule has 2 atom stereocenters. The molecule has 1 fully saturated rings. The second-order valence-electron chi connectivity index (χ2n) is 6.28. The number of nitrogens with one attached hydrogen (secondary N) is 2. The van der Waals surface area contributed by atoms with Gasteiger partial charge in [-0.25, -0.2) is 4.79 Å². The normalized spacial score (nSPS) is 16.1. The number of likely N-dealkylation sites (tertiary alicyclic amines) is 1. The van der Waals surface area contributed by atoms with Crippen molar-refractivity contribution in [1.82, 2.24) is 15.5 Å². The van der Waals surface area contributed by atoms with E-state index >= 15 is 0 Å². The van der Waals surface area contributed by atoms with Gasteiger partial charge in [0.15, 0.2) is 6.19 Å². The van der Waals surface area contributed by atoms with E-state index in [4.69, 9.17) is 10.00 Å². The fraction of sp³-hybridized carbons (Fsp3) is 0.500. The van der Waals surface area contributed by atoms with Crippen LogP contribution in [0.2, 0.25) is 0 Å². The van der Waals surface area contributed by atoms with E-state index in [-0.39, 0.29) is 24.5 Å². The Morgan fingerprint density at radius 2 is 2.04 bits per heavy atom. The van der Waals surface area contributed by atoms with Crippen LogP contribution in [0.25, 0.3) is 0 Å². The zero-order valence-electron chi connectivity index (χ0n) is 14.6. The largest absolute Gasteiger partial charge is 0.445 e. The highest BCUT2D eigenvalue weighted by atomic mass is 16.5. The van der Waals surface area contributed by atoms with Gasteiger partial charge in [0, 0.05) is 0 Å². The van der Waals surface area contributed by atoms with E-state index in [0.717, 1.165) is 12.0 Å². The molecule has 0 bridgehead atoms. The van der Waals surface area contributed by atoms with Gasteiger partial charge in [0.25, 0.3) is 0 Å². The van der Waals surface area contributed by atoms with E-state index < -0.39 is 12.1 Å². The Balaban J connectivity index is 1.85. The average Bonchev–Trinajstić information content (AvgIpc) is 2.60. The van der Waals surface area contributed by atoms with Crippen LogP contribution in [0.3, 0.4) is 0 Å². The molecule has 1 aromatic carbocycles. The molecule has 25 heavy (non-hydrogen) atoms. The third-order valence-corrected chi connectivity index (χ3v) is 4.35. The van der Waals surface area contributed by atoms with E-state index in [0.29, 0.717) is 13.1 Å². The lowest BCUT2D eigenvalue weighted by Gasteiger charge is -2.36. The van der Waals surface area contributed by atoms with Gasteiger partial charge in [0.05, 0.1) is 19.1 Å². The van der Waals surface area contributed by atoms with Crippen molar-refractivity contribution < 1.29 is 14.3 Å². The Labute approximate surface area is 147 Å². The van der Waals surface area contributed by atoms with Crippen LogP contribution in [0.15, 0.2) is 30.3 Å². The number of benzene rings is 1. The maximum Gasteiger partial charge on any atom is 0.408 e. The molecule has 0 unspecified atom stereocenters. The zero-order chi connectivity index (χ0) is 18.2. The fourth-order valence-electron chi connectivity index (χ4n) is 2.54. The molecule has 134 valence electrons. The summed E-state index contributed by atoms with van der Waals surface area (Å²) in [6.07, 6.45) is 2.15. The smallest absolute Gasteiger partial charge is 0.408 e. The van der Waals surface area contributed by atoms with Crippen LogP contribution < -0.4 is 10.6 Å². The molecule has 1 aromatic rings. The molecular weight excluding hydrogens is 320 g/mol. The van der Waals surface area contributed by atoms with Gasteiger partial charge < -0.3 is 20.3 Å². The van der Waals surface area contributed by atoms with E-state index in [1.54, 1.807) is 4.90 Å². The first-order chi connectivity index (χ1) is 12.0. The molecule has 0 aliphatic carbocycles. The predicted molar refractivity (Wildman–Crippen MR) is 92.1 cm³/mol. The van der Waals surface area contributed by atoms with Crippen LogP contribution in [0, 0.1) is 17.4 Å². The predicted octanol–water partition coefficient (Wildman–Crippen LogP) is 1.61. The monoisotopic (exact) mass is 344 g/mol. The van der Waals surface area contributed by atoms with Crippen molar-refractivity contribution in [3.05, 3.63) is 35.9 Å². The molecule has 0 spiro atoms. The van der Waals surface area contributed by atoms with Crippen LogP contribution in [-0.2, 0) is 16.1 Å². The van der Waals surface area contributed by atoms with Gasteiger partial charge in [-0.2, -0.15) is 5.26 Å². The van der Waals surface area contributed by atoms with Crippen molar-refractivity contribution in [2.45, 2.75) is 39.0 Å². The van der Waals surface area contributed by atoms with Crippen molar-refractivity contribution in [3.63, 3.8) is 0 Å². The van der Waals surface area contributed by atoms with Crippen molar-refractivity contribution in [2.75, 3.05) is 13.1 Å². The van der Waals surface area contributed by atoms with Gasteiger partial charge in [-0.3, -0.25) is 4.79 Å². The van der Waals surface area contributed by atoms with Crippen molar-refractivity contribution in [1.29, 1.82) is 5.26 Å². The zero-order valence-corrected chi connectivity index (χ0v) is 14.6. The molecule has 1 saturated heterocycles. The summed E-state index contributed by atoms with van der Waals surface area (Å²) >= 11 is 0. The number of amides is 2. The lowest BCUT2D eigenvalue weighted by Crippen LogP contribution is -2.61. The van der Waals surface area contributed by atoms with E-state index in [9.17, 15) is 9.59 Å². The van der Waals surface area contributed by atoms with Gasteiger partial charge in [-0.05, 0) is 11.5 Å². The molecular formula is C18H24N4O3. The third-order valence-electron chi connectivity index (χ3n) is 4.35. The minimum absolute atomic E-state index is 0.0311. The molecule has 2 N–H and O–H groups in total. The molecule has 2 amide bonds. The van der Waals surface area contributed by atoms with Gasteiger partial charge in [-0.1, -0.05) is 50.6 Å². The van der Waals surface area contributed by atoms with E-state index in [2.05, 4.69) is 10.6 Å². The highest BCUT2D eigenvalue weighted by Crippen LogP contribution is 2.11. The quantitative estimate of drug-likeness (QED) is 0.733. The summed E-state index contributed by atoms with van der Waals surface area (Å²) < 4.78 is 5.20. The average molecular weight is 344 g/mol. The molecule has 1 aliphatic heterocycles. The Bertz CT molecular complexity index is 623. The highest BCUT2D eigenvalue weighted by Gasteiger charge is 2.32. The van der Waals surface area contributed by atoms with Gasteiger partial charge in [0.1, 0.15) is 12.6 Å². The van der Waals surface area contributed by atoms with Crippen LogP contribution in [0.4, 0.5) is 4.79 Å². The summed E-state index contributed by atoms with van der Waals surface area (Å²) in [6, 6.07) is 8.64. The number of ether oxygens (including phenoxy) is 1. The number of alkyl carbamates (subject to hydrolysis) is 1. The molecule has 7 nitrogen and oxygen atoms in total. The van der Waals surface area contributed by atoms with Gasteiger partial charge >= 0.3 is 6.09 Å². The summed E-state index contributed by atoms with van der Waals surface area (Å²) in [4.78, 5) is 26.1. The second kappa shape index (κ2) is 8.92. The number of hydrogen-bond acceptors (Lipinski definition) is 5. The van der Waals surface area contributed by atoms with Crippen molar-refractivity contribution in [2.24, 2.45) is 5.92 Å². The number of nitriles is 1. The van der Waals surface area contributed by atoms with Crippen molar-refractivity contribution >= 4 is 12.0 Å². The summed E-state index contributed by atoms with van der Waals surface area (Å²) in [5.41, 5.74) is 0.883. The Hall–Kier alpha value is -2.75. The molecule has 0 radical (unpaired) electrons. The SMILES string of the molecule is CC[C@H](C)[C@H](NC(=O)OCc1ccccc1)C(=O)NC1CN(C#N)C1. The summed E-state index contributed by atoms with van der Waals surface area (Å²) in [6.45, 7) is 5.04. The Morgan fingerprint density at radius 3 is 2.64 bits per heavy atom.